The van der Waals surface area contributed by atoms with Crippen molar-refractivity contribution in [2.45, 2.75) is 58.6 Å². The third-order valence-electron chi connectivity index (χ3n) is 4.77. The standard InChI is InChI=1S/C19H35N5O2/c1-5-17-16(18(6-2)24(4)23-17)13-22-19(20-3)21-10-8-11-25-14-15-9-7-12-26-15/h15H,5-14H2,1-4H3,(H2,20,21,22). The maximum absolute atomic E-state index is 5.69. The van der Waals surface area contributed by atoms with Crippen molar-refractivity contribution >= 4 is 5.96 Å². The van der Waals surface area contributed by atoms with Crippen LogP contribution in [0.5, 0.6) is 0 Å². The topological polar surface area (TPSA) is 72.7 Å². The van der Waals surface area contributed by atoms with Crippen LogP contribution in [0.4, 0.5) is 0 Å². The van der Waals surface area contributed by atoms with Gasteiger partial charge in [0.2, 0.25) is 0 Å². The van der Waals surface area contributed by atoms with Crippen molar-refractivity contribution in [1.82, 2.24) is 20.4 Å². The van der Waals surface area contributed by atoms with Crippen LogP contribution in [0.2, 0.25) is 0 Å². The first-order chi connectivity index (χ1) is 12.7. The molecule has 0 bridgehead atoms. The Hall–Kier alpha value is -1.60. The lowest BCUT2D eigenvalue weighted by atomic mass is 10.1. The molecule has 2 heterocycles. The first-order valence-corrected chi connectivity index (χ1v) is 9.87. The molecule has 1 aromatic heterocycles. The fourth-order valence-corrected chi connectivity index (χ4v) is 3.36. The minimum atomic E-state index is 0.303. The molecule has 2 rings (SSSR count). The summed E-state index contributed by atoms with van der Waals surface area (Å²) in [5, 5.41) is 11.4. The molecular formula is C19H35N5O2. The number of hydrogen-bond acceptors (Lipinski definition) is 4. The predicted octanol–water partition coefficient (Wildman–Crippen LogP) is 1.80. The number of aromatic nitrogens is 2. The van der Waals surface area contributed by atoms with E-state index < -0.39 is 0 Å². The third kappa shape index (κ3) is 5.99. The van der Waals surface area contributed by atoms with Crippen molar-refractivity contribution in [3.8, 4) is 0 Å². The molecule has 1 saturated heterocycles. The van der Waals surface area contributed by atoms with Crippen LogP contribution in [0.1, 0.15) is 50.1 Å². The molecule has 26 heavy (non-hydrogen) atoms. The Morgan fingerprint density at radius 3 is 2.85 bits per heavy atom. The molecule has 1 aliphatic heterocycles. The van der Waals surface area contributed by atoms with Crippen LogP contribution >= 0.6 is 0 Å². The Bertz CT molecular complexity index is 565. The van der Waals surface area contributed by atoms with Gasteiger partial charge in [0.1, 0.15) is 0 Å². The van der Waals surface area contributed by atoms with E-state index in [1.807, 2.05) is 11.7 Å². The zero-order valence-corrected chi connectivity index (χ0v) is 16.8. The lowest BCUT2D eigenvalue weighted by Crippen LogP contribution is -2.38. The van der Waals surface area contributed by atoms with E-state index in [0.29, 0.717) is 12.7 Å². The molecular weight excluding hydrogens is 330 g/mol. The highest BCUT2D eigenvalue weighted by Gasteiger charge is 2.15. The van der Waals surface area contributed by atoms with Crippen LogP contribution in [0.15, 0.2) is 4.99 Å². The van der Waals surface area contributed by atoms with Crippen LogP contribution in [-0.4, -0.2) is 55.3 Å². The number of aliphatic imine (C=N–C) groups is 1. The lowest BCUT2D eigenvalue weighted by molar-refractivity contribution is 0.0168. The number of guanidine groups is 1. The molecule has 0 saturated carbocycles. The molecule has 7 heteroatoms. The van der Waals surface area contributed by atoms with Crippen molar-refractivity contribution in [3.05, 3.63) is 17.0 Å². The highest BCUT2D eigenvalue weighted by molar-refractivity contribution is 5.79. The summed E-state index contributed by atoms with van der Waals surface area (Å²) in [6.45, 7) is 8.24. The van der Waals surface area contributed by atoms with E-state index in [-0.39, 0.29) is 0 Å². The van der Waals surface area contributed by atoms with Gasteiger partial charge in [-0.1, -0.05) is 13.8 Å². The second-order valence-electron chi connectivity index (χ2n) is 6.62. The summed E-state index contributed by atoms with van der Waals surface area (Å²) in [6, 6.07) is 0. The number of hydrogen-bond donors (Lipinski definition) is 2. The molecule has 1 aromatic rings. The number of ether oxygens (including phenoxy) is 2. The summed E-state index contributed by atoms with van der Waals surface area (Å²) in [7, 11) is 3.82. The molecule has 148 valence electrons. The first-order valence-electron chi connectivity index (χ1n) is 9.87. The van der Waals surface area contributed by atoms with Crippen LogP contribution < -0.4 is 10.6 Å². The van der Waals surface area contributed by atoms with Gasteiger partial charge < -0.3 is 20.1 Å². The van der Waals surface area contributed by atoms with Gasteiger partial charge in [-0.2, -0.15) is 5.10 Å². The quantitative estimate of drug-likeness (QED) is 0.376. The number of rotatable bonds is 10. The normalized spacial score (nSPS) is 17.7. The van der Waals surface area contributed by atoms with E-state index in [9.17, 15) is 0 Å². The van der Waals surface area contributed by atoms with Crippen LogP contribution in [0, 0.1) is 0 Å². The Morgan fingerprint density at radius 2 is 2.19 bits per heavy atom. The van der Waals surface area contributed by atoms with Gasteiger partial charge in [0.05, 0.1) is 18.4 Å². The van der Waals surface area contributed by atoms with E-state index in [4.69, 9.17) is 9.47 Å². The van der Waals surface area contributed by atoms with Crippen molar-refractivity contribution in [2.75, 3.05) is 33.4 Å². The summed E-state index contributed by atoms with van der Waals surface area (Å²) >= 11 is 0. The van der Waals surface area contributed by atoms with Gasteiger partial charge in [-0.25, -0.2) is 0 Å². The van der Waals surface area contributed by atoms with Crippen molar-refractivity contribution in [3.63, 3.8) is 0 Å². The molecule has 2 N–H and O–H groups in total. The molecule has 0 aromatic carbocycles. The van der Waals surface area contributed by atoms with E-state index >= 15 is 0 Å². The minimum Gasteiger partial charge on any atom is -0.379 e. The number of nitrogens with zero attached hydrogens (tertiary/aromatic N) is 3. The zero-order chi connectivity index (χ0) is 18.8. The largest absolute Gasteiger partial charge is 0.379 e. The maximum atomic E-state index is 5.69. The Balaban J connectivity index is 1.68. The average molecular weight is 366 g/mol. The molecule has 0 amide bonds. The molecule has 1 unspecified atom stereocenters. The van der Waals surface area contributed by atoms with E-state index in [2.05, 4.69) is 34.6 Å². The van der Waals surface area contributed by atoms with Crippen molar-refractivity contribution < 1.29 is 9.47 Å². The van der Waals surface area contributed by atoms with Gasteiger partial charge in [-0.3, -0.25) is 9.67 Å². The van der Waals surface area contributed by atoms with Gasteiger partial charge in [-0.15, -0.1) is 0 Å². The summed E-state index contributed by atoms with van der Waals surface area (Å²) < 4.78 is 13.2. The van der Waals surface area contributed by atoms with Gasteiger partial charge in [0.25, 0.3) is 0 Å². The SMILES string of the molecule is CCc1nn(C)c(CC)c1CNC(=NC)NCCCOCC1CCCO1. The zero-order valence-electron chi connectivity index (χ0n) is 16.8. The minimum absolute atomic E-state index is 0.303. The second kappa shape index (κ2) is 11.2. The monoisotopic (exact) mass is 365 g/mol. The summed E-state index contributed by atoms with van der Waals surface area (Å²) in [5.41, 5.74) is 3.74. The lowest BCUT2D eigenvalue weighted by Gasteiger charge is -2.13. The van der Waals surface area contributed by atoms with Crippen LogP contribution in [-0.2, 0) is 35.9 Å². The summed E-state index contributed by atoms with van der Waals surface area (Å²) in [5.74, 6) is 0.817. The van der Waals surface area contributed by atoms with Crippen molar-refractivity contribution in [1.29, 1.82) is 0 Å². The van der Waals surface area contributed by atoms with Crippen molar-refractivity contribution in [2.24, 2.45) is 12.0 Å². The second-order valence-corrected chi connectivity index (χ2v) is 6.62. The van der Waals surface area contributed by atoms with E-state index in [1.165, 1.54) is 11.3 Å². The Labute approximate surface area is 157 Å². The fourth-order valence-electron chi connectivity index (χ4n) is 3.36. The third-order valence-corrected chi connectivity index (χ3v) is 4.77. The van der Waals surface area contributed by atoms with Gasteiger partial charge in [0, 0.05) is 51.7 Å². The van der Waals surface area contributed by atoms with Gasteiger partial charge in [-0.05, 0) is 32.1 Å². The number of aryl methyl sites for hydroxylation is 2. The summed E-state index contributed by atoms with van der Waals surface area (Å²) in [4.78, 5) is 4.31. The Kier molecular flexibility index (Phi) is 8.91. The predicted molar refractivity (Wildman–Crippen MR) is 105 cm³/mol. The maximum Gasteiger partial charge on any atom is 0.191 e. The average Bonchev–Trinajstić information content (AvgIpc) is 3.27. The molecule has 7 nitrogen and oxygen atoms in total. The fraction of sp³-hybridized carbons (Fsp3) is 0.789. The molecule has 1 fully saturated rings. The van der Waals surface area contributed by atoms with Gasteiger partial charge in [0.15, 0.2) is 5.96 Å². The highest BCUT2D eigenvalue weighted by Crippen LogP contribution is 2.15. The first kappa shape index (κ1) is 20.7. The van der Waals surface area contributed by atoms with Crippen LogP contribution in [0.3, 0.4) is 0 Å². The van der Waals surface area contributed by atoms with Crippen LogP contribution in [0.25, 0.3) is 0 Å². The highest BCUT2D eigenvalue weighted by atomic mass is 16.5. The molecule has 0 radical (unpaired) electrons. The van der Waals surface area contributed by atoms with Gasteiger partial charge >= 0.3 is 0 Å². The van der Waals surface area contributed by atoms with E-state index in [0.717, 1.165) is 70.1 Å². The molecule has 0 spiro atoms. The summed E-state index contributed by atoms with van der Waals surface area (Å²) in [6.07, 6.45) is 5.46. The Morgan fingerprint density at radius 1 is 1.35 bits per heavy atom. The molecule has 1 aliphatic rings. The van der Waals surface area contributed by atoms with E-state index in [1.54, 1.807) is 7.05 Å². The molecule has 0 aliphatic carbocycles. The number of nitrogens with one attached hydrogen (secondary N) is 2. The molecule has 1 atom stereocenters. The smallest absolute Gasteiger partial charge is 0.191 e.